The lowest BCUT2D eigenvalue weighted by molar-refractivity contribution is 0.629. The third kappa shape index (κ3) is 2.38. The van der Waals surface area contributed by atoms with Gasteiger partial charge in [0.1, 0.15) is 5.82 Å². The second-order valence-electron chi connectivity index (χ2n) is 4.09. The van der Waals surface area contributed by atoms with Crippen LogP contribution in [0.4, 0.5) is 15.8 Å². The molecule has 0 atom stereocenters. The lowest BCUT2D eigenvalue weighted by atomic mass is 10.2. The van der Waals surface area contributed by atoms with Gasteiger partial charge in [0.25, 0.3) is 0 Å². The van der Waals surface area contributed by atoms with Crippen LogP contribution in [0.5, 0.6) is 0 Å². The minimum absolute atomic E-state index is 0.0639. The van der Waals surface area contributed by atoms with Gasteiger partial charge in [-0.2, -0.15) is 11.8 Å². The van der Waals surface area contributed by atoms with Crippen LogP contribution in [-0.2, 0) is 0 Å². The molecule has 2 nitrogen and oxygen atoms in total. The van der Waals surface area contributed by atoms with E-state index in [2.05, 4.69) is 11.6 Å². The Labute approximate surface area is 104 Å². The molecule has 0 amide bonds. The third-order valence-electron chi connectivity index (χ3n) is 2.93. The largest absolute Gasteiger partial charge is 0.397 e. The Kier molecular flexibility index (Phi) is 3.22. The summed E-state index contributed by atoms with van der Waals surface area (Å²) in [6.45, 7) is 0.819. The molecule has 0 aromatic heterocycles. The van der Waals surface area contributed by atoms with Crippen LogP contribution in [0.15, 0.2) is 12.1 Å². The summed E-state index contributed by atoms with van der Waals surface area (Å²) in [6.07, 6.45) is 4.51. The Morgan fingerprint density at radius 3 is 2.81 bits per heavy atom. The fourth-order valence-corrected chi connectivity index (χ4v) is 2.46. The van der Waals surface area contributed by atoms with E-state index in [1.807, 2.05) is 11.8 Å². The number of thioether (sulfide) groups is 1. The first-order valence-electron chi connectivity index (χ1n) is 5.10. The number of rotatable bonds is 4. The number of nitrogen functional groups attached to an aromatic ring is 1. The van der Waals surface area contributed by atoms with E-state index in [4.69, 9.17) is 17.3 Å². The minimum Gasteiger partial charge on any atom is -0.397 e. The molecule has 1 aromatic rings. The normalized spacial score (nSPS) is 17.2. The quantitative estimate of drug-likeness (QED) is 0.816. The zero-order chi connectivity index (χ0) is 11.8. The third-order valence-corrected chi connectivity index (χ3v) is 4.64. The van der Waals surface area contributed by atoms with Gasteiger partial charge < -0.3 is 11.1 Å². The van der Waals surface area contributed by atoms with Crippen molar-refractivity contribution in [2.24, 2.45) is 0 Å². The Hall–Kier alpha value is -0.610. The first-order valence-corrected chi connectivity index (χ1v) is 6.70. The number of halogens is 2. The highest BCUT2D eigenvalue weighted by Gasteiger charge is 2.41. The molecule has 1 aliphatic carbocycles. The van der Waals surface area contributed by atoms with Crippen LogP contribution >= 0.6 is 23.4 Å². The summed E-state index contributed by atoms with van der Waals surface area (Å²) in [5.74, 6) is -0.438. The van der Waals surface area contributed by atoms with Gasteiger partial charge in [0.15, 0.2) is 0 Å². The van der Waals surface area contributed by atoms with Crippen molar-refractivity contribution in [1.29, 1.82) is 0 Å². The monoisotopic (exact) mass is 260 g/mol. The molecule has 88 valence electrons. The molecule has 0 heterocycles. The van der Waals surface area contributed by atoms with Crippen LogP contribution in [0.3, 0.4) is 0 Å². The first kappa shape index (κ1) is 11.9. The van der Waals surface area contributed by atoms with Crippen LogP contribution < -0.4 is 11.1 Å². The van der Waals surface area contributed by atoms with Gasteiger partial charge in [0.05, 0.1) is 16.4 Å². The molecule has 0 saturated heterocycles. The Morgan fingerprint density at radius 2 is 2.25 bits per heavy atom. The van der Waals surface area contributed by atoms with Gasteiger partial charge in [-0.05, 0) is 25.2 Å². The summed E-state index contributed by atoms with van der Waals surface area (Å²) in [5.41, 5.74) is 6.88. The number of anilines is 2. The van der Waals surface area contributed by atoms with Crippen molar-refractivity contribution in [3.05, 3.63) is 23.0 Å². The molecule has 1 aliphatic rings. The Morgan fingerprint density at radius 1 is 1.56 bits per heavy atom. The number of nitrogens with two attached hydrogens (primary N) is 1. The summed E-state index contributed by atoms with van der Waals surface area (Å²) in [7, 11) is 0. The lowest BCUT2D eigenvalue weighted by Gasteiger charge is -2.15. The van der Waals surface area contributed by atoms with Gasteiger partial charge in [0, 0.05) is 17.4 Å². The SMILES string of the molecule is CSC1(CNc2cc(F)c(Cl)cc2N)CC1. The Bertz CT molecular complexity index is 407. The van der Waals surface area contributed by atoms with E-state index in [0.29, 0.717) is 16.1 Å². The van der Waals surface area contributed by atoms with Gasteiger partial charge in [0.2, 0.25) is 0 Å². The van der Waals surface area contributed by atoms with Crippen molar-refractivity contribution in [1.82, 2.24) is 0 Å². The lowest BCUT2D eigenvalue weighted by Crippen LogP contribution is -2.18. The van der Waals surface area contributed by atoms with E-state index >= 15 is 0 Å². The van der Waals surface area contributed by atoms with Gasteiger partial charge in [-0.15, -0.1) is 0 Å². The average Bonchev–Trinajstić information content (AvgIpc) is 3.02. The van der Waals surface area contributed by atoms with Crippen molar-refractivity contribution in [2.45, 2.75) is 17.6 Å². The maximum absolute atomic E-state index is 13.2. The minimum atomic E-state index is -0.438. The van der Waals surface area contributed by atoms with Crippen LogP contribution in [0.1, 0.15) is 12.8 Å². The summed E-state index contributed by atoms with van der Waals surface area (Å²) in [4.78, 5) is 0. The van der Waals surface area contributed by atoms with E-state index < -0.39 is 5.82 Å². The fraction of sp³-hybridized carbons (Fsp3) is 0.455. The van der Waals surface area contributed by atoms with E-state index in [1.165, 1.54) is 25.0 Å². The van der Waals surface area contributed by atoms with Gasteiger partial charge >= 0.3 is 0 Å². The van der Waals surface area contributed by atoms with E-state index in [0.717, 1.165) is 6.54 Å². The van der Waals surface area contributed by atoms with Crippen LogP contribution in [0, 0.1) is 5.82 Å². The van der Waals surface area contributed by atoms with Crippen molar-refractivity contribution in [3.8, 4) is 0 Å². The molecule has 16 heavy (non-hydrogen) atoms. The van der Waals surface area contributed by atoms with Gasteiger partial charge in [-0.25, -0.2) is 4.39 Å². The highest BCUT2D eigenvalue weighted by Crippen LogP contribution is 2.47. The van der Waals surface area contributed by atoms with Crippen molar-refractivity contribution in [2.75, 3.05) is 23.9 Å². The van der Waals surface area contributed by atoms with E-state index in [1.54, 1.807) is 0 Å². The molecule has 0 unspecified atom stereocenters. The van der Waals surface area contributed by atoms with Crippen LogP contribution in [-0.4, -0.2) is 17.5 Å². The number of benzene rings is 1. The number of hydrogen-bond donors (Lipinski definition) is 2. The molecular weight excluding hydrogens is 247 g/mol. The smallest absolute Gasteiger partial charge is 0.143 e. The molecule has 5 heteroatoms. The molecule has 1 saturated carbocycles. The van der Waals surface area contributed by atoms with Crippen molar-refractivity contribution in [3.63, 3.8) is 0 Å². The maximum Gasteiger partial charge on any atom is 0.143 e. The molecule has 0 radical (unpaired) electrons. The fourth-order valence-electron chi connectivity index (χ4n) is 1.56. The number of nitrogens with one attached hydrogen (secondary N) is 1. The highest BCUT2D eigenvalue weighted by molar-refractivity contribution is 8.00. The predicted octanol–water partition coefficient (Wildman–Crippen LogP) is 3.37. The predicted molar refractivity (Wildman–Crippen MR) is 69.8 cm³/mol. The molecule has 1 fully saturated rings. The summed E-state index contributed by atoms with van der Waals surface area (Å²) >= 11 is 7.48. The summed E-state index contributed by atoms with van der Waals surface area (Å²) in [5, 5.41) is 3.25. The average molecular weight is 261 g/mol. The zero-order valence-electron chi connectivity index (χ0n) is 9.02. The summed E-state index contributed by atoms with van der Waals surface area (Å²) < 4.78 is 13.6. The Balaban J connectivity index is 2.07. The standard InChI is InChI=1S/C11H14ClFN2S/c1-16-11(2-3-11)6-15-10-5-8(13)7(12)4-9(10)14/h4-5,15H,2-3,6,14H2,1H3. The molecule has 0 aliphatic heterocycles. The first-order chi connectivity index (χ1) is 7.56. The van der Waals surface area contributed by atoms with Crippen LogP contribution in [0.25, 0.3) is 0 Å². The van der Waals surface area contributed by atoms with Gasteiger partial charge in [-0.3, -0.25) is 0 Å². The second kappa shape index (κ2) is 4.34. The van der Waals surface area contributed by atoms with Gasteiger partial charge in [-0.1, -0.05) is 11.6 Å². The summed E-state index contributed by atoms with van der Waals surface area (Å²) in [6, 6.07) is 2.80. The van der Waals surface area contributed by atoms with Crippen molar-refractivity contribution < 1.29 is 4.39 Å². The maximum atomic E-state index is 13.2. The molecule has 3 N–H and O–H groups in total. The molecule has 0 bridgehead atoms. The molecular formula is C11H14ClFN2S. The highest BCUT2D eigenvalue weighted by atomic mass is 35.5. The van der Waals surface area contributed by atoms with Crippen LogP contribution in [0.2, 0.25) is 5.02 Å². The van der Waals surface area contributed by atoms with E-state index in [9.17, 15) is 4.39 Å². The molecule has 0 spiro atoms. The number of hydrogen-bond acceptors (Lipinski definition) is 3. The zero-order valence-corrected chi connectivity index (χ0v) is 10.6. The second-order valence-corrected chi connectivity index (χ2v) is 5.78. The molecule has 1 aromatic carbocycles. The topological polar surface area (TPSA) is 38.0 Å². The van der Waals surface area contributed by atoms with Crippen molar-refractivity contribution >= 4 is 34.7 Å². The van der Waals surface area contributed by atoms with E-state index in [-0.39, 0.29) is 5.02 Å². The molecule has 2 rings (SSSR count).